The molecule has 2 aliphatic rings. The van der Waals surface area contributed by atoms with Crippen LogP contribution in [-0.2, 0) is 21.5 Å². The molecule has 8 nitrogen and oxygen atoms in total. The van der Waals surface area contributed by atoms with Crippen LogP contribution in [0.25, 0.3) is 0 Å². The highest BCUT2D eigenvalue weighted by molar-refractivity contribution is 5.85. The molecule has 0 bridgehead atoms. The highest BCUT2D eigenvalue weighted by atomic mass is 35.5. The zero-order chi connectivity index (χ0) is 20.0. The van der Waals surface area contributed by atoms with Gasteiger partial charge in [0.05, 0.1) is 0 Å². The Morgan fingerprint density at radius 3 is 2.59 bits per heavy atom. The van der Waals surface area contributed by atoms with E-state index in [1.165, 1.54) is 6.92 Å². The summed E-state index contributed by atoms with van der Waals surface area (Å²) in [5.41, 5.74) is -0.541. The van der Waals surface area contributed by atoms with Gasteiger partial charge in [0.2, 0.25) is 17.7 Å². The third-order valence-electron chi connectivity index (χ3n) is 6.00. The molecular formula is C20H34ClN5O3. The molecule has 2 amide bonds. The molecule has 1 aromatic heterocycles. The lowest BCUT2D eigenvalue weighted by Crippen LogP contribution is -2.47. The van der Waals surface area contributed by atoms with Crippen LogP contribution in [-0.4, -0.2) is 53.0 Å². The quantitative estimate of drug-likeness (QED) is 0.675. The van der Waals surface area contributed by atoms with Crippen molar-refractivity contribution in [2.24, 2.45) is 0 Å². The molecule has 9 heteroatoms. The van der Waals surface area contributed by atoms with E-state index in [4.69, 9.17) is 4.52 Å². The standard InChI is InChI=1S/C20H33N5O3.ClH/c1-15(26)23-20(11-5-3-4-6-12-20)19-22-17(28-24-19)9-10-18(27)25-13-7-8-16(14-25)21-2;/h16,21H,3-14H2,1-2H3,(H,23,26);1H. The number of likely N-dealkylation sites (N-methyl/N-ethyl adjacent to an activating group) is 1. The summed E-state index contributed by atoms with van der Waals surface area (Å²) in [4.78, 5) is 30.8. The fraction of sp³-hybridized carbons (Fsp3) is 0.800. The summed E-state index contributed by atoms with van der Waals surface area (Å²) >= 11 is 0. The maximum Gasteiger partial charge on any atom is 0.227 e. The number of rotatable bonds is 6. The van der Waals surface area contributed by atoms with E-state index in [9.17, 15) is 9.59 Å². The van der Waals surface area contributed by atoms with Gasteiger partial charge in [-0.2, -0.15) is 4.98 Å². The number of aryl methyl sites for hydroxylation is 1. The summed E-state index contributed by atoms with van der Waals surface area (Å²) in [6.07, 6.45) is 8.96. The Balaban J connectivity index is 0.00000300. The Hall–Kier alpha value is -1.67. The number of likely N-dealkylation sites (tertiary alicyclic amines) is 1. The van der Waals surface area contributed by atoms with Gasteiger partial charge >= 0.3 is 0 Å². The first-order valence-corrected chi connectivity index (χ1v) is 10.6. The number of hydrogen-bond acceptors (Lipinski definition) is 6. The molecule has 164 valence electrons. The first-order valence-electron chi connectivity index (χ1n) is 10.6. The maximum atomic E-state index is 12.5. The Kier molecular flexibility index (Phi) is 8.89. The van der Waals surface area contributed by atoms with Crippen LogP contribution < -0.4 is 10.6 Å². The number of piperidine rings is 1. The number of carbonyl (C=O) groups excluding carboxylic acids is 2. The third-order valence-corrected chi connectivity index (χ3v) is 6.00. The van der Waals surface area contributed by atoms with Crippen molar-refractivity contribution in [3.8, 4) is 0 Å². The summed E-state index contributed by atoms with van der Waals surface area (Å²) in [6.45, 7) is 3.11. The molecule has 1 aliphatic heterocycles. The summed E-state index contributed by atoms with van der Waals surface area (Å²) in [6, 6.07) is 0.375. The van der Waals surface area contributed by atoms with Crippen molar-refractivity contribution < 1.29 is 14.1 Å². The number of nitrogens with zero attached hydrogens (tertiary/aromatic N) is 3. The predicted molar refractivity (Wildman–Crippen MR) is 112 cm³/mol. The average molecular weight is 428 g/mol. The van der Waals surface area contributed by atoms with E-state index in [1.54, 1.807) is 0 Å². The van der Waals surface area contributed by atoms with Gasteiger partial charge in [0.15, 0.2) is 5.82 Å². The smallest absolute Gasteiger partial charge is 0.227 e. The van der Waals surface area contributed by atoms with E-state index in [0.29, 0.717) is 30.6 Å². The average Bonchev–Trinajstić information content (AvgIpc) is 3.06. The number of amides is 2. The minimum absolute atomic E-state index is 0. The number of halogens is 1. The van der Waals surface area contributed by atoms with Gasteiger partial charge in [0.25, 0.3) is 0 Å². The highest BCUT2D eigenvalue weighted by Gasteiger charge is 2.38. The van der Waals surface area contributed by atoms with Crippen molar-refractivity contribution in [1.29, 1.82) is 0 Å². The van der Waals surface area contributed by atoms with Crippen LogP contribution in [0, 0.1) is 0 Å². The van der Waals surface area contributed by atoms with Crippen molar-refractivity contribution in [2.75, 3.05) is 20.1 Å². The Morgan fingerprint density at radius 1 is 1.21 bits per heavy atom. The molecule has 1 aromatic rings. The third kappa shape index (κ3) is 6.15. The molecule has 2 heterocycles. The lowest BCUT2D eigenvalue weighted by Gasteiger charge is -2.32. The van der Waals surface area contributed by atoms with Crippen molar-refractivity contribution in [2.45, 2.75) is 82.7 Å². The lowest BCUT2D eigenvalue weighted by atomic mass is 9.89. The largest absolute Gasteiger partial charge is 0.343 e. The molecule has 1 saturated carbocycles. The van der Waals surface area contributed by atoms with Gasteiger partial charge in [-0.05, 0) is 32.7 Å². The second kappa shape index (κ2) is 10.9. The Morgan fingerprint density at radius 2 is 1.93 bits per heavy atom. The van der Waals surface area contributed by atoms with E-state index >= 15 is 0 Å². The van der Waals surface area contributed by atoms with Crippen molar-refractivity contribution >= 4 is 24.2 Å². The number of carbonyl (C=O) groups is 2. The zero-order valence-corrected chi connectivity index (χ0v) is 18.4. The van der Waals surface area contributed by atoms with Crippen LogP contribution in [0.4, 0.5) is 0 Å². The molecule has 2 fully saturated rings. The van der Waals surface area contributed by atoms with E-state index in [-0.39, 0.29) is 24.2 Å². The number of aromatic nitrogens is 2. The second-order valence-electron chi connectivity index (χ2n) is 8.16. The van der Waals surface area contributed by atoms with Crippen molar-refractivity contribution in [1.82, 2.24) is 25.7 Å². The van der Waals surface area contributed by atoms with E-state index in [0.717, 1.165) is 64.5 Å². The topological polar surface area (TPSA) is 100 Å². The van der Waals surface area contributed by atoms with E-state index in [2.05, 4.69) is 20.8 Å². The maximum absolute atomic E-state index is 12.5. The first kappa shape index (κ1) is 23.6. The minimum Gasteiger partial charge on any atom is -0.343 e. The van der Waals surface area contributed by atoms with Crippen LogP contribution in [0.2, 0.25) is 0 Å². The molecule has 1 saturated heterocycles. The van der Waals surface area contributed by atoms with Crippen LogP contribution in [0.1, 0.15) is 76.4 Å². The summed E-state index contributed by atoms with van der Waals surface area (Å²) in [7, 11) is 1.94. The predicted octanol–water partition coefficient (Wildman–Crippen LogP) is 2.32. The van der Waals surface area contributed by atoms with Crippen LogP contribution >= 0.6 is 12.4 Å². The summed E-state index contributed by atoms with van der Waals surface area (Å²) in [5, 5.41) is 10.5. The normalized spacial score (nSPS) is 21.7. The minimum atomic E-state index is -0.541. The zero-order valence-electron chi connectivity index (χ0n) is 17.5. The van der Waals surface area contributed by atoms with Gasteiger partial charge in [-0.3, -0.25) is 9.59 Å². The van der Waals surface area contributed by atoms with Gasteiger partial charge in [-0.15, -0.1) is 12.4 Å². The Bertz CT molecular complexity index is 673. The van der Waals surface area contributed by atoms with Gasteiger partial charge in [-0.25, -0.2) is 0 Å². The van der Waals surface area contributed by atoms with Gasteiger partial charge < -0.3 is 20.1 Å². The summed E-state index contributed by atoms with van der Waals surface area (Å²) in [5.74, 6) is 1.08. The molecule has 3 rings (SSSR count). The molecule has 0 aromatic carbocycles. The van der Waals surface area contributed by atoms with Gasteiger partial charge in [0.1, 0.15) is 5.54 Å². The van der Waals surface area contributed by atoms with Crippen molar-refractivity contribution in [3.05, 3.63) is 11.7 Å². The second-order valence-corrected chi connectivity index (χ2v) is 8.16. The van der Waals surface area contributed by atoms with Gasteiger partial charge in [-0.1, -0.05) is 30.8 Å². The monoisotopic (exact) mass is 427 g/mol. The van der Waals surface area contributed by atoms with Crippen LogP contribution in [0.3, 0.4) is 0 Å². The molecule has 29 heavy (non-hydrogen) atoms. The van der Waals surface area contributed by atoms with E-state index < -0.39 is 5.54 Å². The fourth-order valence-corrected chi connectivity index (χ4v) is 4.44. The fourth-order valence-electron chi connectivity index (χ4n) is 4.44. The molecule has 0 radical (unpaired) electrons. The van der Waals surface area contributed by atoms with Crippen molar-refractivity contribution in [3.63, 3.8) is 0 Å². The Labute approximate surface area is 179 Å². The van der Waals surface area contributed by atoms with E-state index in [1.807, 2.05) is 11.9 Å². The van der Waals surface area contributed by atoms with Crippen LogP contribution in [0.5, 0.6) is 0 Å². The molecule has 1 unspecified atom stereocenters. The lowest BCUT2D eigenvalue weighted by molar-refractivity contribution is -0.132. The molecule has 1 atom stereocenters. The molecule has 0 spiro atoms. The van der Waals surface area contributed by atoms with Gasteiger partial charge in [0, 0.05) is 38.9 Å². The summed E-state index contributed by atoms with van der Waals surface area (Å²) < 4.78 is 5.45. The number of nitrogens with one attached hydrogen (secondary N) is 2. The van der Waals surface area contributed by atoms with Crippen LogP contribution in [0.15, 0.2) is 4.52 Å². The molecule has 2 N–H and O–H groups in total. The first-order chi connectivity index (χ1) is 13.5. The number of hydrogen-bond donors (Lipinski definition) is 2. The SMILES string of the molecule is CNC1CCCN(C(=O)CCc2nc(C3(NC(C)=O)CCCCCC3)no2)C1.Cl. The molecule has 1 aliphatic carbocycles. The molecular weight excluding hydrogens is 394 g/mol. The highest BCUT2D eigenvalue weighted by Crippen LogP contribution is 2.34.